The number of hydrogen-bond donors (Lipinski definition) is 1. The number of unbranched alkanes of at least 4 members (excludes halogenated alkanes) is 1. The standard InChI is InChI=1S/C14H30ClN2O5PS/c1-4-6-8-13-21-23(18,16-10-14-22-24(3,19)20)17(12-9-15)11-7-5-2/h4,6H,5,7-14H2,1-3H3,(H,16,18). The van der Waals surface area contributed by atoms with Gasteiger partial charge in [0.2, 0.25) is 0 Å². The van der Waals surface area contributed by atoms with Crippen LogP contribution in [0.5, 0.6) is 0 Å². The number of allylic oxidation sites excluding steroid dienone is 1. The second-order valence-electron chi connectivity index (χ2n) is 5.14. The highest BCUT2D eigenvalue weighted by Gasteiger charge is 2.30. The summed E-state index contributed by atoms with van der Waals surface area (Å²) < 4.78 is 47.2. The molecule has 1 N–H and O–H groups in total. The summed E-state index contributed by atoms with van der Waals surface area (Å²) >= 11 is 5.82. The fourth-order valence-electron chi connectivity index (χ4n) is 1.83. The smallest absolute Gasteiger partial charge is 0.306 e. The van der Waals surface area contributed by atoms with Crippen molar-refractivity contribution in [1.82, 2.24) is 9.76 Å². The number of nitrogens with zero attached hydrogens (tertiary/aromatic N) is 1. The molecule has 0 fully saturated rings. The van der Waals surface area contributed by atoms with Crippen molar-refractivity contribution in [2.24, 2.45) is 0 Å². The summed E-state index contributed by atoms with van der Waals surface area (Å²) in [6, 6.07) is 0. The first kappa shape index (κ1) is 24.1. The fourth-order valence-corrected chi connectivity index (χ4v) is 4.49. The van der Waals surface area contributed by atoms with Crippen LogP contribution < -0.4 is 5.09 Å². The molecule has 0 spiro atoms. The van der Waals surface area contributed by atoms with Gasteiger partial charge in [-0.25, -0.2) is 9.76 Å². The number of nitrogens with one attached hydrogen (secondary N) is 1. The van der Waals surface area contributed by atoms with E-state index in [1.54, 1.807) is 4.67 Å². The summed E-state index contributed by atoms with van der Waals surface area (Å²) in [5, 5.41) is 2.83. The predicted octanol–water partition coefficient (Wildman–Crippen LogP) is 2.98. The zero-order valence-electron chi connectivity index (χ0n) is 14.7. The van der Waals surface area contributed by atoms with Gasteiger partial charge in [0, 0.05) is 25.5 Å². The molecule has 0 aliphatic rings. The molecule has 0 rings (SSSR count). The Balaban J connectivity index is 4.84. The Hall–Kier alpha value is 0.0500. The highest BCUT2D eigenvalue weighted by atomic mass is 35.5. The Morgan fingerprint density at radius 1 is 1.29 bits per heavy atom. The van der Waals surface area contributed by atoms with Gasteiger partial charge in [-0.3, -0.25) is 8.75 Å². The third-order valence-corrected chi connectivity index (χ3v) is 6.05. The van der Waals surface area contributed by atoms with E-state index in [2.05, 4.69) is 9.27 Å². The van der Waals surface area contributed by atoms with Crippen LogP contribution in [0.2, 0.25) is 0 Å². The summed E-state index contributed by atoms with van der Waals surface area (Å²) in [7, 11) is -6.83. The van der Waals surface area contributed by atoms with Gasteiger partial charge in [-0.1, -0.05) is 25.5 Å². The number of halogens is 1. The van der Waals surface area contributed by atoms with Crippen LogP contribution >= 0.6 is 19.3 Å². The molecule has 7 nitrogen and oxygen atoms in total. The van der Waals surface area contributed by atoms with Gasteiger partial charge < -0.3 is 4.52 Å². The van der Waals surface area contributed by atoms with E-state index in [9.17, 15) is 13.0 Å². The second kappa shape index (κ2) is 13.3. The van der Waals surface area contributed by atoms with Crippen LogP contribution in [0.1, 0.15) is 33.1 Å². The lowest BCUT2D eigenvalue weighted by Crippen LogP contribution is -2.33. The molecule has 0 heterocycles. The molecule has 1 atom stereocenters. The van der Waals surface area contributed by atoms with E-state index in [1.165, 1.54) is 0 Å². The van der Waals surface area contributed by atoms with E-state index in [0.29, 0.717) is 32.0 Å². The molecule has 0 saturated heterocycles. The van der Waals surface area contributed by atoms with Crippen molar-refractivity contribution in [3.63, 3.8) is 0 Å². The topological polar surface area (TPSA) is 84.9 Å². The highest BCUT2D eigenvalue weighted by Crippen LogP contribution is 2.46. The van der Waals surface area contributed by atoms with Gasteiger partial charge in [-0.15, -0.1) is 11.6 Å². The fraction of sp³-hybridized carbons (Fsp3) is 0.857. The summed E-state index contributed by atoms with van der Waals surface area (Å²) in [4.78, 5) is 0. The molecule has 10 heteroatoms. The minimum atomic E-state index is -3.53. The number of rotatable bonds is 15. The van der Waals surface area contributed by atoms with Crippen molar-refractivity contribution < 1.29 is 21.7 Å². The first-order valence-electron chi connectivity index (χ1n) is 8.05. The van der Waals surface area contributed by atoms with E-state index in [4.69, 9.17) is 16.1 Å². The van der Waals surface area contributed by atoms with Crippen LogP contribution in [0, 0.1) is 0 Å². The van der Waals surface area contributed by atoms with E-state index >= 15 is 0 Å². The van der Waals surface area contributed by atoms with Gasteiger partial charge in [-0.2, -0.15) is 8.42 Å². The highest BCUT2D eigenvalue weighted by molar-refractivity contribution is 7.85. The lowest BCUT2D eigenvalue weighted by atomic mass is 10.3. The minimum absolute atomic E-state index is 0.0961. The quantitative estimate of drug-likeness (QED) is 0.148. The van der Waals surface area contributed by atoms with Gasteiger partial charge in [0.25, 0.3) is 10.1 Å². The van der Waals surface area contributed by atoms with Crippen LogP contribution in [0.3, 0.4) is 0 Å². The van der Waals surface area contributed by atoms with Crippen molar-refractivity contribution in [3.8, 4) is 0 Å². The van der Waals surface area contributed by atoms with Gasteiger partial charge >= 0.3 is 7.67 Å². The summed E-state index contributed by atoms with van der Waals surface area (Å²) in [6.45, 7) is 5.24. The van der Waals surface area contributed by atoms with Crippen molar-refractivity contribution in [1.29, 1.82) is 0 Å². The molecule has 0 aromatic rings. The maximum absolute atomic E-state index is 13.2. The van der Waals surface area contributed by atoms with Crippen LogP contribution in [-0.2, 0) is 23.4 Å². The molecular weight excluding hydrogens is 375 g/mol. The SMILES string of the molecule is CC=CCCOP(=O)(NCCOS(C)(=O)=O)N(CCCl)CCCC. The molecule has 0 bridgehead atoms. The monoisotopic (exact) mass is 404 g/mol. The Morgan fingerprint density at radius 2 is 2.00 bits per heavy atom. The van der Waals surface area contributed by atoms with E-state index in [0.717, 1.165) is 19.1 Å². The summed E-state index contributed by atoms with van der Waals surface area (Å²) in [5.41, 5.74) is 0. The van der Waals surface area contributed by atoms with Crippen LogP contribution in [0.4, 0.5) is 0 Å². The Labute approximate surface area is 151 Å². The van der Waals surface area contributed by atoms with Crippen LogP contribution in [0.15, 0.2) is 12.2 Å². The zero-order chi connectivity index (χ0) is 18.5. The maximum Gasteiger partial charge on any atom is 0.343 e. The van der Waals surface area contributed by atoms with Gasteiger partial charge in [0.05, 0.1) is 19.5 Å². The van der Waals surface area contributed by atoms with Crippen molar-refractivity contribution >= 4 is 29.4 Å². The van der Waals surface area contributed by atoms with E-state index in [1.807, 2.05) is 26.0 Å². The number of hydrogen-bond acceptors (Lipinski definition) is 5. The molecule has 0 aromatic carbocycles. The molecule has 0 radical (unpaired) electrons. The molecule has 0 aliphatic heterocycles. The maximum atomic E-state index is 13.2. The van der Waals surface area contributed by atoms with E-state index < -0.39 is 17.8 Å². The molecular formula is C14H30ClN2O5PS. The first-order chi connectivity index (χ1) is 11.3. The Bertz CT molecular complexity index is 501. The summed E-state index contributed by atoms with van der Waals surface area (Å²) in [6.07, 6.45) is 7.26. The Morgan fingerprint density at radius 3 is 2.54 bits per heavy atom. The predicted molar refractivity (Wildman–Crippen MR) is 99.0 cm³/mol. The summed E-state index contributed by atoms with van der Waals surface area (Å²) in [5.74, 6) is 0.327. The third kappa shape index (κ3) is 11.6. The van der Waals surface area contributed by atoms with E-state index in [-0.39, 0.29) is 13.2 Å². The van der Waals surface area contributed by atoms with Crippen molar-refractivity contribution in [2.75, 3.05) is 45.0 Å². The molecule has 144 valence electrons. The lowest BCUT2D eigenvalue weighted by Gasteiger charge is -2.30. The molecule has 0 aliphatic carbocycles. The molecule has 1 unspecified atom stereocenters. The van der Waals surface area contributed by atoms with Crippen molar-refractivity contribution in [2.45, 2.75) is 33.1 Å². The molecule has 0 aromatic heterocycles. The molecule has 0 saturated carbocycles. The average Bonchev–Trinajstić information content (AvgIpc) is 2.51. The van der Waals surface area contributed by atoms with Crippen molar-refractivity contribution in [3.05, 3.63) is 12.2 Å². The van der Waals surface area contributed by atoms with Crippen LogP contribution in [0.25, 0.3) is 0 Å². The van der Waals surface area contributed by atoms with Gasteiger partial charge in [0.15, 0.2) is 0 Å². The molecule has 0 amide bonds. The number of alkyl halides is 1. The normalized spacial score (nSPS) is 15.2. The largest absolute Gasteiger partial charge is 0.343 e. The zero-order valence-corrected chi connectivity index (χ0v) is 17.2. The van der Waals surface area contributed by atoms with Gasteiger partial charge in [0.1, 0.15) is 0 Å². The third-order valence-electron chi connectivity index (χ3n) is 2.98. The Kier molecular flexibility index (Phi) is 13.3. The van der Waals surface area contributed by atoms with Crippen LogP contribution in [-0.4, -0.2) is 58.1 Å². The molecule has 24 heavy (non-hydrogen) atoms. The minimum Gasteiger partial charge on any atom is -0.306 e. The second-order valence-corrected chi connectivity index (χ2v) is 9.34. The average molecular weight is 405 g/mol. The lowest BCUT2D eigenvalue weighted by molar-refractivity contribution is 0.250. The van der Waals surface area contributed by atoms with Gasteiger partial charge in [-0.05, 0) is 19.8 Å². The first-order valence-corrected chi connectivity index (χ1v) is 12.0.